The zero-order valence-corrected chi connectivity index (χ0v) is 10.8. The molecule has 0 bridgehead atoms. The van der Waals surface area contributed by atoms with Crippen LogP contribution in [0.3, 0.4) is 0 Å². The summed E-state index contributed by atoms with van der Waals surface area (Å²) in [4.78, 5) is 2.09. The molecule has 0 spiro atoms. The van der Waals surface area contributed by atoms with Crippen molar-refractivity contribution in [2.24, 2.45) is 0 Å². The van der Waals surface area contributed by atoms with E-state index >= 15 is 0 Å². The van der Waals surface area contributed by atoms with Crippen LogP contribution in [-0.4, -0.2) is 14.1 Å². The van der Waals surface area contributed by atoms with Crippen LogP contribution in [0.1, 0.15) is 11.1 Å². The first-order chi connectivity index (χ1) is 8.66. The van der Waals surface area contributed by atoms with Crippen LogP contribution < -0.4 is 10.6 Å². The van der Waals surface area contributed by atoms with Gasteiger partial charge in [-0.05, 0) is 29.3 Å². The van der Waals surface area contributed by atoms with E-state index in [1.807, 2.05) is 44.4 Å². The molecule has 0 fully saturated rings. The molecule has 0 atom stereocenters. The second kappa shape index (κ2) is 5.41. The van der Waals surface area contributed by atoms with E-state index in [1.165, 1.54) is 11.3 Å². The Bertz CT molecular complexity index is 539. The monoisotopic (exact) mass is 238 g/mol. The Morgan fingerprint density at radius 3 is 2.17 bits per heavy atom. The van der Waals surface area contributed by atoms with Gasteiger partial charge in [-0.15, -0.1) is 0 Å². The predicted molar refractivity (Wildman–Crippen MR) is 80.6 cm³/mol. The SMILES string of the molecule is CN(C)c1ccc(/C=C/c2ccccc2N)cc1. The molecule has 2 heteroatoms. The van der Waals surface area contributed by atoms with Gasteiger partial charge in [0.05, 0.1) is 0 Å². The van der Waals surface area contributed by atoms with Gasteiger partial charge >= 0.3 is 0 Å². The molecule has 2 nitrogen and oxygen atoms in total. The van der Waals surface area contributed by atoms with Crippen molar-refractivity contribution in [1.29, 1.82) is 0 Å². The van der Waals surface area contributed by atoms with Gasteiger partial charge in [0.25, 0.3) is 0 Å². The lowest BCUT2D eigenvalue weighted by molar-refractivity contribution is 1.13. The molecule has 2 aromatic carbocycles. The Kier molecular flexibility index (Phi) is 3.68. The van der Waals surface area contributed by atoms with E-state index in [9.17, 15) is 0 Å². The summed E-state index contributed by atoms with van der Waals surface area (Å²) in [5.41, 5.74) is 10.1. The molecule has 0 aromatic heterocycles. The molecule has 2 rings (SSSR count). The van der Waals surface area contributed by atoms with Crippen molar-refractivity contribution in [1.82, 2.24) is 0 Å². The summed E-state index contributed by atoms with van der Waals surface area (Å²) in [6.07, 6.45) is 4.12. The number of nitrogens with zero attached hydrogens (tertiary/aromatic N) is 1. The molecule has 92 valence electrons. The second-order valence-corrected chi connectivity index (χ2v) is 4.45. The first kappa shape index (κ1) is 12.2. The summed E-state index contributed by atoms with van der Waals surface area (Å²) in [5, 5.41) is 0. The van der Waals surface area contributed by atoms with Gasteiger partial charge in [0, 0.05) is 25.5 Å². The molecular weight excluding hydrogens is 220 g/mol. The van der Waals surface area contributed by atoms with Gasteiger partial charge in [-0.3, -0.25) is 0 Å². The largest absolute Gasteiger partial charge is 0.398 e. The van der Waals surface area contributed by atoms with E-state index in [-0.39, 0.29) is 0 Å². The Morgan fingerprint density at radius 2 is 1.56 bits per heavy atom. The smallest absolute Gasteiger partial charge is 0.0387 e. The lowest BCUT2D eigenvalue weighted by Crippen LogP contribution is -2.07. The average Bonchev–Trinajstić information content (AvgIpc) is 2.38. The summed E-state index contributed by atoms with van der Waals surface area (Å²) in [5.74, 6) is 0. The van der Waals surface area contributed by atoms with E-state index in [4.69, 9.17) is 5.73 Å². The van der Waals surface area contributed by atoms with Crippen LogP contribution in [-0.2, 0) is 0 Å². The molecule has 0 heterocycles. The highest BCUT2D eigenvalue weighted by Gasteiger charge is 1.95. The maximum absolute atomic E-state index is 5.89. The first-order valence-electron chi connectivity index (χ1n) is 5.97. The van der Waals surface area contributed by atoms with Crippen LogP contribution in [0.5, 0.6) is 0 Å². The number of benzene rings is 2. The summed E-state index contributed by atoms with van der Waals surface area (Å²) >= 11 is 0. The maximum atomic E-state index is 5.89. The Labute approximate surface area is 108 Å². The Hall–Kier alpha value is -2.22. The van der Waals surface area contributed by atoms with E-state index in [0.717, 1.165) is 11.3 Å². The van der Waals surface area contributed by atoms with Crippen molar-refractivity contribution in [2.75, 3.05) is 24.7 Å². The molecule has 0 unspecified atom stereocenters. The van der Waals surface area contributed by atoms with Gasteiger partial charge in [-0.25, -0.2) is 0 Å². The highest BCUT2D eigenvalue weighted by molar-refractivity contribution is 5.75. The first-order valence-corrected chi connectivity index (χ1v) is 5.97. The van der Waals surface area contributed by atoms with E-state index in [1.54, 1.807) is 0 Å². The minimum absolute atomic E-state index is 0.804. The average molecular weight is 238 g/mol. The highest BCUT2D eigenvalue weighted by Crippen LogP contribution is 2.17. The Balaban J connectivity index is 2.17. The van der Waals surface area contributed by atoms with E-state index < -0.39 is 0 Å². The molecular formula is C16H18N2. The van der Waals surface area contributed by atoms with E-state index in [0.29, 0.717) is 0 Å². The van der Waals surface area contributed by atoms with Gasteiger partial charge in [-0.1, -0.05) is 42.5 Å². The number of anilines is 2. The lowest BCUT2D eigenvalue weighted by atomic mass is 10.1. The van der Waals surface area contributed by atoms with Crippen LogP contribution in [0.2, 0.25) is 0 Å². The standard InChI is InChI=1S/C16H18N2/c1-18(2)15-11-8-13(9-12-15)7-10-14-5-3-4-6-16(14)17/h3-12H,17H2,1-2H3/b10-7+. The molecule has 2 aromatic rings. The summed E-state index contributed by atoms with van der Waals surface area (Å²) in [6, 6.07) is 16.3. The molecule has 0 radical (unpaired) electrons. The molecule has 0 aliphatic rings. The molecule has 0 saturated heterocycles. The molecule has 2 N–H and O–H groups in total. The van der Waals surface area contributed by atoms with Crippen LogP contribution in [0, 0.1) is 0 Å². The van der Waals surface area contributed by atoms with Gasteiger partial charge in [0.15, 0.2) is 0 Å². The predicted octanol–water partition coefficient (Wildman–Crippen LogP) is 3.51. The van der Waals surface area contributed by atoms with Crippen LogP contribution in [0.15, 0.2) is 48.5 Å². The fourth-order valence-corrected chi connectivity index (χ4v) is 1.73. The van der Waals surface area contributed by atoms with Gasteiger partial charge in [-0.2, -0.15) is 0 Å². The van der Waals surface area contributed by atoms with Crippen molar-refractivity contribution in [3.8, 4) is 0 Å². The molecule has 18 heavy (non-hydrogen) atoms. The number of nitrogen functional groups attached to an aromatic ring is 1. The van der Waals surface area contributed by atoms with Crippen molar-refractivity contribution in [3.05, 3.63) is 59.7 Å². The minimum Gasteiger partial charge on any atom is -0.398 e. The van der Waals surface area contributed by atoms with E-state index in [2.05, 4.69) is 35.2 Å². The topological polar surface area (TPSA) is 29.3 Å². The van der Waals surface area contributed by atoms with Gasteiger partial charge in [0.1, 0.15) is 0 Å². The van der Waals surface area contributed by atoms with Gasteiger partial charge in [0.2, 0.25) is 0 Å². The third kappa shape index (κ3) is 2.92. The molecule has 0 amide bonds. The maximum Gasteiger partial charge on any atom is 0.0387 e. The lowest BCUT2D eigenvalue weighted by Gasteiger charge is -2.11. The zero-order valence-electron chi connectivity index (χ0n) is 10.8. The third-order valence-electron chi connectivity index (χ3n) is 2.86. The second-order valence-electron chi connectivity index (χ2n) is 4.45. The number of hydrogen-bond donors (Lipinski definition) is 1. The molecule has 0 aliphatic carbocycles. The summed E-state index contributed by atoms with van der Waals surface area (Å²) in [6.45, 7) is 0. The number of rotatable bonds is 3. The van der Waals surface area contributed by atoms with Crippen molar-refractivity contribution in [3.63, 3.8) is 0 Å². The quantitative estimate of drug-likeness (QED) is 0.655. The van der Waals surface area contributed by atoms with Crippen LogP contribution in [0.25, 0.3) is 12.2 Å². The fraction of sp³-hybridized carbons (Fsp3) is 0.125. The minimum atomic E-state index is 0.804. The summed E-state index contributed by atoms with van der Waals surface area (Å²) in [7, 11) is 4.07. The van der Waals surface area contributed by atoms with Gasteiger partial charge < -0.3 is 10.6 Å². The van der Waals surface area contributed by atoms with Crippen LogP contribution in [0.4, 0.5) is 11.4 Å². The summed E-state index contributed by atoms with van der Waals surface area (Å²) < 4.78 is 0. The number of para-hydroxylation sites is 1. The zero-order chi connectivity index (χ0) is 13.0. The third-order valence-corrected chi connectivity index (χ3v) is 2.86. The Morgan fingerprint density at radius 1 is 0.889 bits per heavy atom. The number of hydrogen-bond acceptors (Lipinski definition) is 2. The van der Waals surface area contributed by atoms with Crippen LogP contribution >= 0.6 is 0 Å². The highest BCUT2D eigenvalue weighted by atomic mass is 15.1. The molecule has 0 aliphatic heterocycles. The van der Waals surface area contributed by atoms with Crippen molar-refractivity contribution < 1.29 is 0 Å². The fourth-order valence-electron chi connectivity index (χ4n) is 1.73. The van der Waals surface area contributed by atoms with Crippen molar-refractivity contribution in [2.45, 2.75) is 0 Å². The normalized spacial score (nSPS) is 10.8. The number of nitrogens with two attached hydrogens (primary N) is 1. The molecule has 0 saturated carbocycles. The van der Waals surface area contributed by atoms with Crippen molar-refractivity contribution >= 4 is 23.5 Å².